The summed E-state index contributed by atoms with van der Waals surface area (Å²) >= 11 is 6.09. The monoisotopic (exact) mass is 299 g/mol. The highest BCUT2D eigenvalue weighted by molar-refractivity contribution is 6.30. The van der Waals surface area contributed by atoms with Crippen molar-refractivity contribution < 1.29 is 4.57 Å². The number of fused-ring (bicyclic) bond motifs is 1. The molecule has 0 bridgehead atoms. The standard InChI is InChI=1S/C18H20ClN2/c1-2-3-11-20-14-21(18-10-5-4-9-17(18)20)13-15-7-6-8-16(19)12-15/h4-10,12,14H,2-3,11,13H2,1H3/q+1. The number of hydrogen-bond acceptors (Lipinski definition) is 0. The molecule has 0 unspecified atom stereocenters. The maximum atomic E-state index is 6.09. The number of unbranched alkanes of at least 4 members (excludes halogenated alkanes) is 1. The van der Waals surface area contributed by atoms with Gasteiger partial charge in [-0.2, -0.15) is 0 Å². The minimum atomic E-state index is 0.794. The van der Waals surface area contributed by atoms with E-state index in [1.54, 1.807) is 0 Å². The van der Waals surface area contributed by atoms with E-state index in [0.29, 0.717) is 0 Å². The fraction of sp³-hybridized carbons (Fsp3) is 0.278. The first-order valence-corrected chi connectivity index (χ1v) is 7.87. The second kappa shape index (κ2) is 6.31. The van der Waals surface area contributed by atoms with Gasteiger partial charge in [-0.3, -0.25) is 0 Å². The third-order valence-electron chi connectivity index (χ3n) is 3.77. The second-order valence-electron chi connectivity index (χ2n) is 5.41. The highest BCUT2D eigenvalue weighted by atomic mass is 35.5. The smallest absolute Gasteiger partial charge is 0.230 e. The predicted octanol–water partition coefficient (Wildman–Crippen LogP) is 4.43. The van der Waals surface area contributed by atoms with Crippen LogP contribution < -0.4 is 4.57 Å². The van der Waals surface area contributed by atoms with Gasteiger partial charge in [0.2, 0.25) is 6.33 Å². The number of imidazole rings is 1. The van der Waals surface area contributed by atoms with Crippen LogP contribution in [-0.2, 0) is 13.1 Å². The molecule has 0 saturated carbocycles. The van der Waals surface area contributed by atoms with Gasteiger partial charge in [0.05, 0.1) is 6.54 Å². The molecule has 0 saturated heterocycles. The SMILES string of the molecule is CCCCn1c[n+](Cc2cccc(Cl)c2)c2ccccc21. The molecule has 0 atom stereocenters. The molecule has 0 aliphatic carbocycles. The fourth-order valence-electron chi connectivity index (χ4n) is 2.71. The minimum absolute atomic E-state index is 0.794. The van der Waals surface area contributed by atoms with Crippen LogP contribution in [0.5, 0.6) is 0 Å². The Balaban J connectivity index is 1.98. The van der Waals surface area contributed by atoms with Crippen molar-refractivity contribution in [2.75, 3.05) is 0 Å². The number of hydrogen-bond donors (Lipinski definition) is 0. The minimum Gasteiger partial charge on any atom is -0.230 e. The topological polar surface area (TPSA) is 8.81 Å². The summed E-state index contributed by atoms with van der Waals surface area (Å²) in [6, 6.07) is 16.7. The fourth-order valence-corrected chi connectivity index (χ4v) is 2.92. The summed E-state index contributed by atoms with van der Waals surface area (Å²) in [5.41, 5.74) is 3.80. The zero-order chi connectivity index (χ0) is 14.7. The van der Waals surface area contributed by atoms with Crippen molar-refractivity contribution in [3.8, 4) is 0 Å². The molecular formula is C18H20ClN2+. The molecule has 0 aliphatic heterocycles. The summed E-state index contributed by atoms with van der Waals surface area (Å²) in [7, 11) is 0. The highest BCUT2D eigenvalue weighted by Gasteiger charge is 2.14. The van der Waals surface area contributed by atoms with Crippen LogP contribution in [0.1, 0.15) is 25.3 Å². The molecule has 0 aliphatic rings. The Morgan fingerprint density at radius 2 is 1.95 bits per heavy atom. The van der Waals surface area contributed by atoms with Crippen LogP contribution >= 0.6 is 11.6 Å². The molecule has 2 nitrogen and oxygen atoms in total. The van der Waals surface area contributed by atoms with Crippen LogP contribution in [0.4, 0.5) is 0 Å². The van der Waals surface area contributed by atoms with E-state index in [1.165, 1.54) is 29.4 Å². The van der Waals surface area contributed by atoms with Gasteiger partial charge >= 0.3 is 0 Å². The van der Waals surface area contributed by atoms with Crippen LogP contribution in [0.3, 0.4) is 0 Å². The zero-order valence-electron chi connectivity index (χ0n) is 12.3. The largest absolute Gasteiger partial charge is 0.245 e. The van der Waals surface area contributed by atoms with Gasteiger partial charge in [0.1, 0.15) is 6.54 Å². The van der Waals surface area contributed by atoms with Gasteiger partial charge in [0.15, 0.2) is 11.0 Å². The summed E-state index contributed by atoms with van der Waals surface area (Å²) in [6.45, 7) is 4.14. The number of aromatic nitrogens is 2. The third kappa shape index (κ3) is 3.11. The van der Waals surface area contributed by atoms with Crippen molar-refractivity contribution in [1.82, 2.24) is 4.57 Å². The number of halogens is 1. The zero-order valence-corrected chi connectivity index (χ0v) is 13.1. The van der Waals surface area contributed by atoms with Crippen molar-refractivity contribution in [1.29, 1.82) is 0 Å². The van der Waals surface area contributed by atoms with Crippen LogP contribution in [0, 0.1) is 0 Å². The molecule has 108 valence electrons. The van der Waals surface area contributed by atoms with Crippen molar-refractivity contribution in [2.45, 2.75) is 32.9 Å². The van der Waals surface area contributed by atoms with E-state index in [4.69, 9.17) is 11.6 Å². The molecule has 1 heterocycles. The summed E-state index contributed by atoms with van der Waals surface area (Å²) in [5.74, 6) is 0. The maximum absolute atomic E-state index is 6.09. The molecule has 2 aromatic carbocycles. The highest BCUT2D eigenvalue weighted by Crippen LogP contribution is 2.14. The van der Waals surface area contributed by atoms with Crippen LogP contribution in [0.15, 0.2) is 54.9 Å². The molecule has 21 heavy (non-hydrogen) atoms. The Bertz CT molecular complexity index is 746. The van der Waals surface area contributed by atoms with Gasteiger partial charge in [-0.1, -0.05) is 49.2 Å². The molecule has 0 N–H and O–H groups in total. The van der Waals surface area contributed by atoms with Crippen molar-refractivity contribution in [3.05, 3.63) is 65.4 Å². The van der Waals surface area contributed by atoms with Crippen molar-refractivity contribution >= 4 is 22.6 Å². The summed E-state index contributed by atoms with van der Waals surface area (Å²) in [4.78, 5) is 0. The first-order valence-electron chi connectivity index (χ1n) is 7.49. The lowest BCUT2D eigenvalue weighted by atomic mass is 10.2. The quantitative estimate of drug-likeness (QED) is 0.616. The molecule has 0 spiro atoms. The van der Waals surface area contributed by atoms with E-state index in [9.17, 15) is 0 Å². The Labute approximate surface area is 130 Å². The lowest BCUT2D eigenvalue weighted by Crippen LogP contribution is -2.32. The first-order chi connectivity index (χ1) is 10.3. The van der Waals surface area contributed by atoms with Crippen LogP contribution in [0.25, 0.3) is 11.0 Å². The van der Waals surface area contributed by atoms with E-state index >= 15 is 0 Å². The van der Waals surface area contributed by atoms with Crippen molar-refractivity contribution in [3.63, 3.8) is 0 Å². The van der Waals surface area contributed by atoms with Gasteiger partial charge < -0.3 is 0 Å². The van der Waals surface area contributed by atoms with E-state index in [-0.39, 0.29) is 0 Å². The van der Waals surface area contributed by atoms with E-state index in [0.717, 1.165) is 18.1 Å². The van der Waals surface area contributed by atoms with E-state index < -0.39 is 0 Å². The molecular weight excluding hydrogens is 280 g/mol. The Kier molecular flexibility index (Phi) is 4.26. The lowest BCUT2D eigenvalue weighted by Gasteiger charge is -1.99. The number of para-hydroxylation sites is 2. The van der Waals surface area contributed by atoms with Crippen LogP contribution in [-0.4, -0.2) is 4.57 Å². The average Bonchev–Trinajstić information content (AvgIpc) is 2.84. The summed E-state index contributed by atoms with van der Waals surface area (Å²) < 4.78 is 4.65. The Morgan fingerprint density at radius 3 is 2.76 bits per heavy atom. The van der Waals surface area contributed by atoms with Gasteiger partial charge in [0, 0.05) is 5.02 Å². The molecule has 1 aromatic heterocycles. The van der Waals surface area contributed by atoms with E-state index in [1.807, 2.05) is 18.2 Å². The summed E-state index contributed by atoms with van der Waals surface area (Å²) in [5, 5.41) is 0.794. The van der Waals surface area contributed by atoms with Crippen LogP contribution in [0.2, 0.25) is 5.02 Å². The molecule has 3 heteroatoms. The Hall–Kier alpha value is -1.80. The number of aryl methyl sites for hydroxylation is 1. The van der Waals surface area contributed by atoms with E-state index in [2.05, 4.69) is 52.7 Å². The molecule has 3 rings (SSSR count). The lowest BCUT2D eigenvalue weighted by molar-refractivity contribution is -0.663. The second-order valence-corrected chi connectivity index (χ2v) is 5.85. The first kappa shape index (κ1) is 14.2. The number of nitrogens with zero attached hydrogens (tertiary/aromatic N) is 2. The molecule has 0 amide bonds. The number of rotatable bonds is 5. The Morgan fingerprint density at radius 1 is 1.10 bits per heavy atom. The maximum Gasteiger partial charge on any atom is 0.245 e. The summed E-state index contributed by atoms with van der Waals surface area (Å²) in [6.07, 6.45) is 4.64. The average molecular weight is 300 g/mol. The third-order valence-corrected chi connectivity index (χ3v) is 4.01. The van der Waals surface area contributed by atoms with Gasteiger partial charge in [-0.05, 0) is 36.2 Å². The van der Waals surface area contributed by atoms with Gasteiger partial charge in [-0.15, -0.1) is 0 Å². The molecule has 3 aromatic rings. The van der Waals surface area contributed by atoms with Crippen molar-refractivity contribution in [2.24, 2.45) is 0 Å². The van der Waals surface area contributed by atoms with Gasteiger partial charge in [0.25, 0.3) is 0 Å². The molecule has 0 radical (unpaired) electrons. The number of benzene rings is 2. The predicted molar refractivity (Wildman–Crippen MR) is 87.6 cm³/mol. The normalized spacial score (nSPS) is 11.1. The van der Waals surface area contributed by atoms with Gasteiger partial charge in [-0.25, -0.2) is 9.13 Å². The molecule has 0 fully saturated rings.